The first-order valence-corrected chi connectivity index (χ1v) is 4.69. The van der Waals surface area contributed by atoms with E-state index < -0.39 is 0 Å². The molecule has 0 heterocycles. The zero-order valence-electron chi connectivity index (χ0n) is 9.02. The fraction of sp³-hybridized carbons (Fsp3) is 1.00. The fourth-order valence-electron chi connectivity index (χ4n) is 0.587. The maximum atomic E-state index is 5.51. The van der Waals surface area contributed by atoms with Gasteiger partial charge in [0.1, 0.15) is 6.79 Å². The van der Waals surface area contributed by atoms with Gasteiger partial charge in [-0.1, -0.05) is 20.8 Å². The van der Waals surface area contributed by atoms with Crippen LogP contribution in [-0.4, -0.2) is 19.0 Å². The van der Waals surface area contributed by atoms with Crippen molar-refractivity contribution < 1.29 is 9.47 Å². The van der Waals surface area contributed by atoms with Crippen molar-refractivity contribution in [1.82, 2.24) is 0 Å². The van der Waals surface area contributed by atoms with Crippen LogP contribution in [0.4, 0.5) is 0 Å². The number of ether oxygens (including phenoxy) is 2. The summed E-state index contributed by atoms with van der Waals surface area (Å²) in [6, 6.07) is 0. The molecule has 0 aromatic rings. The monoisotopic (exact) mass is 174 g/mol. The van der Waals surface area contributed by atoms with Crippen LogP contribution in [0.15, 0.2) is 0 Å². The Morgan fingerprint density at radius 3 is 2.25 bits per heavy atom. The van der Waals surface area contributed by atoms with E-state index in [0.717, 1.165) is 13.0 Å². The number of hydrogen-bond acceptors (Lipinski definition) is 2. The van der Waals surface area contributed by atoms with E-state index in [-0.39, 0.29) is 5.60 Å². The maximum absolute atomic E-state index is 5.51. The molecule has 0 aliphatic carbocycles. The molecule has 2 heteroatoms. The van der Waals surface area contributed by atoms with Gasteiger partial charge in [0.25, 0.3) is 0 Å². The normalized spacial score (nSPS) is 12.5. The molecule has 0 fully saturated rings. The lowest BCUT2D eigenvalue weighted by Gasteiger charge is -2.23. The van der Waals surface area contributed by atoms with Crippen molar-refractivity contribution in [3.63, 3.8) is 0 Å². The standard InChI is InChI=1S/C10H22O2/c1-6-10(4,5)12-8-11-7-9(2)3/h9H,6-8H2,1-5H3. The molecule has 0 aromatic heterocycles. The van der Waals surface area contributed by atoms with Gasteiger partial charge in [-0.05, 0) is 26.2 Å². The molecule has 0 radical (unpaired) electrons. The van der Waals surface area contributed by atoms with Gasteiger partial charge in [-0.15, -0.1) is 0 Å². The smallest absolute Gasteiger partial charge is 0.147 e. The first-order chi connectivity index (χ1) is 5.48. The highest BCUT2D eigenvalue weighted by atomic mass is 16.7. The van der Waals surface area contributed by atoms with Crippen molar-refractivity contribution in [1.29, 1.82) is 0 Å². The summed E-state index contributed by atoms with van der Waals surface area (Å²) in [7, 11) is 0. The van der Waals surface area contributed by atoms with Gasteiger partial charge >= 0.3 is 0 Å². The number of rotatable bonds is 6. The summed E-state index contributed by atoms with van der Waals surface area (Å²) in [5.41, 5.74) is -0.0447. The Bertz CT molecular complexity index is 108. The molecular weight excluding hydrogens is 152 g/mol. The minimum absolute atomic E-state index is 0.0447. The van der Waals surface area contributed by atoms with Crippen LogP contribution in [0.5, 0.6) is 0 Å². The van der Waals surface area contributed by atoms with E-state index in [0.29, 0.717) is 12.7 Å². The van der Waals surface area contributed by atoms with Gasteiger partial charge in [-0.3, -0.25) is 0 Å². The zero-order valence-corrected chi connectivity index (χ0v) is 9.02. The van der Waals surface area contributed by atoms with E-state index in [2.05, 4.69) is 34.6 Å². The lowest BCUT2D eigenvalue weighted by Crippen LogP contribution is -2.25. The van der Waals surface area contributed by atoms with E-state index in [4.69, 9.17) is 9.47 Å². The minimum atomic E-state index is -0.0447. The highest BCUT2D eigenvalue weighted by molar-refractivity contribution is 4.63. The lowest BCUT2D eigenvalue weighted by atomic mass is 10.1. The van der Waals surface area contributed by atoms with Gasteiger partial charge in [0.15, 0.2) is 0 Å². The minimum Gasteiger partial charge on any atom is -0.355 e. The van der Waals surface area contributed by atoms with Crippen LogP contribution in [0.1, 0.15) is 41.0 Å². The van der Waals surface area contributed by atoms with Gasteiger partial charge in [0.05, 0.1) is 12.2 Å². The van der Waals surface area contributed by atoms with E-state index in [1.165, 1.54) is 0 Å². The summed E-state index contributed by atoms with van der Waals surface area (Å²) in [4.78, 5) is 0. The Hall–Kier alpha value is -0.0800. The van der Waals surface area contributed by atoms with Crippen molar-refractivity contribution in [2.24, 2.45) is 5.92 Å². The molecule has 12 heavy (non-hydrogen) atoms. The summed E-state index contributed by atoms with van der Waals surface area (Å²) in [5, 5.41) is 0. The molecular formula is C10H22O2. The fourth-order valence-corrected chi connectivity index (χ4v) is 0.587. The van der Waals surface area contributed by atoms with Gasteiger partial charge in [0, 0.05) is 0 Å². The van der Waals surface area contributed by atoms with Crippen LogP contribution in [-0.2, 0) is 9.47 Å². The Morgan fingerprint density at radius 1 is 1.25 bits per heavy atom. The second kappa shape index (κ2) is 5.55. The molecule has 0 saturated heterocycles. The van der Waals surface area contributed by atoms with Crippen LogP contribution < -0.4 is 0 Å². The second-order valence-electron chi connectivity index (χ2n) is 4.14. The van der Waals surface area contributed by atoms with Gasteiger partial charge in [-0.2, -0.15) is 0 Å². The van der Waals surface area contributed by atoms with Crippen LogP contribution in [0.2, 0.25) is 0 Å². The Morgan fingerprint density at radius 2 is 1.83 bits per heavy atom. The van der Waals surface area contributed by atoms with Crippen LogP contribution >= 0.6 is 0 Å². The van der Waals surface area contributed by atoms with Crippen molar-refractivity contribution in [3.05, 3.63) is 0 Å². The van der Waals surface area contributed by atoms with Crippen molar-refractivity contribution in [3.8, 4) is 0 Å². The quantitative estimate of drug-likeness (QED) is 0.455. The first-order valence-electron chi connectivity index (χ1n) is 4.69. The Labute approximate surface area is 76.3 Å². The Kier molecular flexibility index (Phi) is 5.51. The first kappa shape index (κ1) is 11.9. The SMILES string of the molecule is CCC(C)(C)OCOCC(C)C. The van der Waals surface area contributed by atoms with E-state index >= 15 is 0 Å². The van der Waals surface area contributed by atoms with Crippen molar-refractivity contribution in [2.75, 3.05) is 13.4 Å². The molecule has 0 bridgehead atoms. The summed E-state index contributed by atoms with van der Waals surface area (Å²) >= 11 is 0. The molecule has 0 unspecified atom stereocenters. The third-order valence-corrected chi connectivity index (χ3v) is 1.84. The Balaban J connectivity index is 3.31. The highest BCUT2D eigenvalue weighted by Gasteiger charge is 2.14. The molecule has 0 spiro atoms. The largest absolute Gasteiger partial charge is 0.355 e. The summed E-state index contributed by atoms with van der Waals surface area (Å²) in [6.45, 7) is 11.7. The third kappa shape index (κ3) is 6.62. The second-order valence-corrected chi connectivity index (χ2v) is 4.14. The van der Waals surface area contributed by atoms with E-state index in [9.17, 15) is 0 Å². The van der Waals surface area contributed by atoms with Crippen molar-refractivity contribution >= 4 is 0 Å². The zero-order chi connectivity index (χ0) is 9.61. The van der Waals surface area contributed by atoms with E-state index in [1.54, 1.807) is 0 Å². The molecule has 0 aliphatic heterocycles. The predicted molar refractivity (Wildman–Crippen MR) is 51.1 cm³/mol. The summed E-state index contributed by atoms with van der Waals surface area (Å²) in [6.07, 6.45) is 1.01. The van der Waals surface area contributed by atoms with Crippen LogP contribution in [0.3, 0.4) is 0 Å². The average molecular weight is 174 g/mol. The molecule has 0 rings (SSSR count). The highest BCUT2D eigenvalue weighted by Crippen LogP contribution is 2.13. The number of hydrogen-bond donors (Lipinski definition) is 0. The molecule has 0 saturated carbocycles. The summed E-state index contributed by atoms with van der Waals surface area (Å²) < 4.78 is 10.8. The average Bonchev–Trinajstić information content (AvgIpc) is 1.98. The van der Waals surface area contributed by atoms with Gasteiger partial charge in [0.2, 0.25) is 0 Å². The predicted octanol–water partition coefficient (Wildman–Crippen LogP) is 2.82. The molecule has 0 aliphatic rings. The maximum Gasteiger partial charge on any atom is 0.147 e. The van der Waals surface area contributed by atoms with Gasteiger partial charge in [-0.25, -0.2) is 0 Å². The van der Waals surface area contributed by atoms with Crippen LogP contribution in [0, 0.1) is 5.92 Å². The molecule has 74 valence electrons. The molecule has 0 atom stereocenters. The third-order valence-electron chi connectivity index (χ3n) is 1.84. The molecule has 0 amide bonds. The van der Waals surface area contributed by atoms with Crippen molar-refractivity contribution in [2.45, 2.75) is 46.6 Å². The molecule has 2 nitrogen and oxygen atoms in total. The molecule has 0 aromatic carbocycles. The van der Waals surface area contributed by atoms with E-state index in [1.807, 2.05) is 0 Å². The topological polar surface area (TPSA) is 18.5 Å². The van der Waals surface area contributed by atoms with Gasteiger partial charge < -0.3 is 9.47 Å². The molecule has 0 N–H and O–H groups in total. The summed E-state index contributed by atoms with van der Waals surface area (Å²) in [5.74, 6) is 0.582. The lowest BCUT2D eigenvalue weighted by molar-refractivity contribution is -0.132. The van der Waals surface area contributed by atoms with Crippen LogP contribution in [0.25, 0.3) is 0 Å².